The van der Waals surface area contributed by atoms with Crippen molar-refractivity contribution in [3.8, 4) is 0 Å². The third-order valence-electron chi connectivity index (χ3n) is 2.89. The number of hydrogen-bond donors (Lipinski definition) is 2. The number of rotatable bonds is 6. The molecule has 1 aromatic carbocycles. The van der Waals surface area contributed by atoms with Crippen molar-refractivity contribution in [3.05, 3.63) is 34.9 Å². The van der Waals surface area contributed by atoms with Crippen molar-refractivity contribution in [3.63, 3.8) is 0 Å². The molecule has 1 rings (SSSR count). The van der Waals surface area contributed by atoms with Gasteiger partial charge in [-0.15, -0.1) is 24.0 Å². The zero-order valence-corrected chi connectivity index (χ0v) is 15.9. The number of hydrogen-bond acceptors (Lipinski definition) is 2. The molecule has 120 valence electrons. The van der Waals surface area contributed by atoms with Gasteiger partial charge in [-0.1, -0.05) is 30.7 Å². The standard InChI is InChI=1S/C15H24ClN3O.HI/c1-4-17-15(18-9-12(2)11-20)19(3)10-13-5-7-14(16)8-6-13;/h5-8,12,20H,4,9-11H2,1-3H3,(H,17,18);1H. The molecule has 0 saturated heterocycles. The van der Waals surface area contributed by atoms with E-state index in [9.17, 15) is 0 Å². The van der Waals surface area contributed by atoms with Gasteiger partial charge in [0.1, 0.15) is 0 Å². The largest absolute Gasteiger partial charge is 0.396 e. The molecule has 0 spiro atoms. The summed E-state index contributed by atoms with van der Waals surface area (Å²) >= 11 is 5.89. The summed E-state index contributed by atoms with van der Waals surface area (Å²) in [6.07, 6.45) is 0. The molecule has 0 aliphatic rings. The molecule has 0 saturated carbocycles. The van der Waals surface area contributed by atoms with Gasteiger partial charge in [0.25, 0.3) is 0 Å². The summed E-state index contributed by atoms with van der Waals surface area (Å²) in [4.78, 5) is 6.61. The summed E-state index contributed by atoms with van der Waals surface area (Å²) in [5.74, 6) is 1.02. The average Bonchev–Trinajstić information content (AvgIpc) is 2.45. The van der Waals surface area contributed by atoms with Crippen molar-refractivity contribution in [1.82, 2.24) is 10.2 Å². The zero-order valence-electron chi connectivity index (χ0n) is 12.8. The Kier molecular flexibility index (Phi) is 10.8. The second-order valence-corrected chi connectivity index (χ2v) is 5.40. The van der Waals surface area contributed by atoms with Crippen LogP contribution >= 0.6 is 35.6 Å². The van der Waals surface area contributed by atoms with E-state index >= 15 is 0 Å². The number of halogens is 2. The van der Waals surface area contributed by atoms with Crippen LogP contribution in [0, 0.1) is 5.92 Å². The summed E-state index contributed by atoms with van der Waals surface area (Å²) < 4.78 is 0. The van der Waals surface area contributed by atoms with E-state index in [1.54, 1.807) is 0 Å². The minimum Gasteiger partial charge on any atom is -0.396 e. The van der Waals surface area contributed by atoms with Crippen molar-refractivity contribution >= 4 is 41.5 Å². The third kappa shape index (κ3) is 7.87. The highest BCUT2D eigenvalue weighted by Gasteiger charge is 2.07. The zero-order chi connectivity index (χ0) is 15.0. The lowest BCUT2D eigenvalue weighted by atomic mass is 10.2. The molecule has 0 aromatic heterocycles. The number of benzene rings is 1. The molecule has 1 aromatic rings. The minimum atomic E-state index is 0. The van der Waals surface area contributed by atoms with Gasteiger partial charge in [-0.05, 0) is 30.5 Å². The van der Waals surface area contributed by atoms with Gasteiger partial charge >= 0.3 is 0 Å². The van der Waals surface area contributed by atoms with E-state index in [1.807, 2.05) is 45.2 Å². The van der Waals surface area contributed by atoms with Crippen LogP contribution in [0.4, 0.5) is 0 Å². The van der Waals surface area contributed by atoms with Gasteiger partial charge in [-0.2, -0.15) is 0 Å². The lowest BCUT2D eigenvalue weighted by Gasteiger charge is -2.22. The monoisotopic (exact) mass is 425 g/mol. The maximum atomic E-state index is 9.06. The van der Waals surface area contributed by atoms with E-state index in [0.29, 0.717) is 6.54 Å². The number of nitrogens with one attached hydrogen (secondary N) is 1. The SMILES string of the molecule is CCNC(=NCC(C)CO)N(C)Cc1ccc(Cl)cc1.I. The average molecular weight is 426 g/mol. The minimum absolute atomic E-state index is 0. The quantitative estimate of drug-likeness (QED) is 0.418. The molecule has 0 fully saturated rings. The summed E-state index contributed by atoms with van der Waals surface area (Å²) in [6.45, 7) is 6.37. The molecule has 1 atom stereocenters. The molecule has 21 heavy (non-hydrogen) atoms. The third-order valence-corrected chi connectivity index (χ3v) is 3.15. The first-order valence-corrected chi connectivity index (χ1v) is 7.29. The number of aliphatic hydroxyl groups is 1. The van der Waals surface area contributed by atoms with Crippen molar-refractivity contribution in [2.24, 2.45) is 10.9 Å². The number of nitrogens with zero attached hydrogens (tertiary/aromatic N) is 2. The van der Waals surface area contributed by atoms with E-state index in [2.05, 4.69) is 15.2 Å². The van der Waals surface area contributed by atoms with Gasteiger partial charge in [0, 0.05) is 38.3 Å². The Labute approximate surface area is 149 Å². The van der Waals surface area contributed by atoms with Crippen LogP contribution in [0.3, 0.4) is 0 Å². The molecule has 0 heterocycles. The number of aliphatic hydroxyl groups excluding tert-OH is 1. The maximum absolute atomic E-state index is 9.06. The van der Waals surface area contributed by atoms with E-state index in [0.717, 1.165) is 24.1 Å². The summed E-state index contributed by atoms with van der Waals surface area (Å²) in [7, 11) is 2.00. The molecule has 2 N–H and O–H groups in total. The summed E-state index contributed by atoms with van der Waals surface area (Å²) in [5.41, 5.74) is 1.18. The van der Waals surface area contributed by atoms with Crippen LogP contribution in [0.5, 0.6) is 0 Å². The molecule has 4 nitrogen and oxygen atoms in total. The molecule has 1 unspecified atom stereocenters. The molecule has 0 aliphatic heterocycles. The van der Waals surface area contributed by atoms with Crippen LogP contribution in [0.2, 0.25) is 5.02 Å². The first-order chi connectivity index (χ1) is 9.56. The van der Waals surface area contributed by atoms with Crippen LogP contribution in [0.15, 0.2) is 29.3 Å². The molecule has 0 aliphatic carbocycles. The van der Waals surface area contributed by atoms with Gasteiger partial charge in [-0.25, -0.2) is 0 Å². The van der Waals surface area contributed by atoms with Crippen molar-refractivity contribution in [2.75, 3.05) is 26.7 Å². The Balaban J connectivity index is 0.00000400. The highest BCUT2D eigenvalue weighted by molar-refractivity contribution is 14.0. The van der Waals surface area contributed by atoms with Crippen molar-refractivity contribution in [2.45, 2.75) is 20.4 Å². The summed E-state index contributed by atoms with van der Waals surface area (Å²) in [5, 5.41) is 13.1. The highest BCUT2D eigenvalue weighted by Crippen LogP contribution is 2.11. The van der Waals surface area contributed by atoms with Crippen LogP contribution in [0.25, 0.3) is 0 Å². The fourth-order valence-corrected chi connectivity index (χ4v) is 1.83. The Morgan fingerprint density at radius 2 is 2.00 bits per heavy atom. The van der Waals surface area contributed by atoms with Gasteiger partial charge < -0.3 is 15.3 Å². The fraction of sp³-hybridized carbons (Fsp3) is 0.533. The van der Waals surface area contributed by atoms with Gasteiger partial charge in [0.15, 0.2) is 5.96 Å². The lowest BCUT2D eigenvalue weighted by molar-refractivity contribution is 0.241. The molecular weight excluding hydrogens is 401 g/mol. The Hall–Kier alpha value is -0.530. The Morgan fingerprint density at radius 3 is 2.52 bits per heavy atom. The predicted octanol–water partition coefficient (Wildman–Crippen LogP) is 2.98. The molecule has 0 radical (unpaired) electrons. The molecule has 0 bridgehead atoms. The van der Waals surface area contributed by atoms with Gasteiger partial charge in [0.05, 0.1) is 0 Å². The van der Waals surface area contributed by atoms with Crippen molar-refractivity contribution in [1.29, 1.82) is 0 Å². The molecular formula is C15H25ClIN3O. The predicted molar refractivity (Wildman–Crippen MR) is 101 cm³/mol. The van der Waals surface area contributed by atoms with E-state index in [4.69, 9.17) is 16.7 Å². The Morgan fingerprint density at radius 1 is 1.38 bits per heavy atom. The highest BCUT2D eigenvalue weighted by atomic mass is 127. The maximum Gasteiger partial charge on any atom is 0.193 e. The first kappa shape index (κ1) is 20.5. The number of guanidine groups is 1. The van der Waals surface area contributed by atoms with E-state index in [-0.39, 0.29) is 36.5 Å². The fourth-order valence-electron chi connectivity index (χ4n) is 1.71. The lowest BCUT2D eigenvalue weighted by Crippen LogP contribution is -2.38. The van der Waals surface area contributed by atoms with Gasteiger partial charge in [-0.3, -0.25) is 4.99 Å². The number of aliphatic imine (C=N–C) groups is 1. The normalized spacial score (nSPS) is 12.5. The van der Waals surface area contributed by atoms with Crippen LogP contribution < -0.4 is 5.32 Å². The second kappa shape index (κ2) is 11.1. The van der Waals surface area contributed by atoms with Crippen LogP contribution in [-0.2, 0) is 6.54 Å². The molecule has 0 amide bonds. The second-order valence-electron chi connectivity index (χ2n) is 4.96. The van der Waals surface area contributed by atoms with E-state index < -0.39 is 0 Å². The Bertz CT molecular complexity index is 425. The topological polar surface area (TPSA) is 47.9 Å². The van der Waals surface area contributed by atoms with E-state index in [1.165, 1.54) is 5.56 Å². The van der Waals surface area contributed by atoms with Crippen molar-refractivity contribution < 1.29 is 5.11 Å². The van der Waals surface area contributed by atoms with Gasteiger partial charge in [0.2, 0.25) is 0 Å². The van der Waals surface area contributed by atoms with Crippen LogP contribution in [0.1, 0.15) is 19.4 Å². The smallest absolute Gasteiger partial charge is 0.193 e. The molecule has 6 heteroatoms. The van der Waals surface area contributed by atoms with Crippen LogP contribution in [-0.4, -0.2) is 42.7 Å². The first-order valence-electron chi connectivity index (χ1n) is 6.91. The summed E-state index contributed by atoms with van der Waals surface area (Å²) in [6, 6.07) is 7.81.